The Balaban J connectivity index is 1.61. The van der Waals surface area contributed by atoms with Gasteiger partial charge in [-0.1, -0.05) is 30.3 Å². The number of pyridine rings is 1. The number of H-pyrrole nitrogens is 1. The summed E-state index contributed by atoms with van der Waals surface area (Å²) >= 11 is 0. The maximum atomic E-state index is 11.1. The van der Waals surface area contributed by atoms with E-state index in [2.05, 4.69) is 30.6 Å². The third kappa shape index (κ3) is 3.81. The number of oxazole rings is 1. The molecule has 0 aliphatic rings. The number of aromatic amines is 1. The number of carboxylic acids is 1. The molecule has 0 saturated carbocycles. The molecule has 0 fully saturated rings. The molecule has 29 heavy (non-hydrogen) atoms. The Morgan fingerprint density at radius 1 is 1.21 bits per heavy atom. The zero-order valence-corrected chi connectivity index (χ0v) is 15.4. The maximum Gasteiger partial charge on any atom is 0.392 e. The number of carbonyl (C=O) groups is 1. The first-order chi connectivity index (χ1) is 14.2. The van der Waals surface area contributed by atoms with E-state index >= 15 is 0 Å². The van der Waals surface area contributed by atoms with Crippen molar-refractivity contribution in [2.45, 2.75) is 13.3 Å². The standard InChI is InChI=1S/C19H16N6O4/c1-2-28-19-15(21-17(29-19)18(26)27)9-11-7-8-14(20-10-11)12-5-3-4-6-13(12)16-22-24-25-23-16/h3-8,10H,2,9H2,1H3,(H,26,27)(H,22,23,24,25). The molecule has 3 heterocycles. The maximum absolute atomic E-state index is 11.1. The molecule has 4 rings (SSSR count). The molecule has 0 radical (unpaired) electrons. The van der Waals surface area contributed by atoms with Crippen LogP contribution in [0.2, 0.25) is 0 Å². The Bertz CT molecular complexity index is 1120. The number of aromatic carboxylic acids is 1. The van der Waals surface area contributed by atoms with Crippen LogP contribution in [0.15, 0.2) is 47.0 Å². The Hall–Kier alpha value is -4.08. The molecule has 10 heteroatoms. The van der Waals surface area contributed by atoms with E-state index in [-0.39, 0.29) is 5.95 Å². The van der Waals surface area contributed by atoms with Crippen LogP contribution in [0.5, 0.6) is 5.95 Å². The largest absolute Gasteiger partial charge is 0.474 e. The van der Waals surface area contributed by atoms with Crippen LogP contribution < -0.4 is 4.74 Å². The summed E-state index contributed by atoms with van der Waals surface area (Å²) in [5.41, 5.74) is 3.65. The van der Waals surface area contributed by atoms with E-state index in [0.29, 0.717) is 24.5 Å². The van der Waals surface area contributed by atoms with Crippen molar-refractivity contribution in [1.29, 1.82) is 0 Å². The zero-order chi connectivity index (χ0) is 20.2. The first-order valence-electron chi connectivity index (χ1n) is 8.79. The van der Waals surface area contributed by atoms with Gasteiger partial charge < -0.3 is 14.3 Å². The summed E-state index contributed by atoms with van der Waals surface area (Å²) in [4.78, 5) is 19.7. The Labute approximate surface area is 164 Å². The molecule has 4 aromatic rings. The van der Waals surface area contributed by atoms with E-state index in [1.165, 1.54) is 0 Å². The molecule has 3 aromatic heterocycles. The van der Waals surface area contributed by atoms with Gasteiger partial charge in [0.15, 0.2) is 0 Å². The number of nitrogens with zero attached hydrogens (tertiary/aromatic N) is 5. The zero-order valence-electron chi connectivity index (χ0n) is 15.4. The first-order valence-corrected chi connectivity index (χ1v) is 8.79. The van der Waals surface area contributed by atoms with E-state index < -0.39 is 11.9 Å². The van der Waals surface area contributed by atoms with E-state index in [0.717, 1.165) is 22.4 Å². The predicted molar refractivity (Wildman–Crippen MR) is 100 cm³/mol. The van der Waals surface area contributed by atoms with Crippen molar-refractivity contribution < 1.29 is 19.1 Å². The number of aromatic nitrogens is 6. The highest BCUT2D eigenvalue weighted by atomic mass is 16.6. The molecule has 0 aliphatic carbocycles. The van der Waals surface area contributed by atoms with Crippen molar-refractivity contribution in [3.8, 4) is 28.6 Å². The van der Waals surface area contributed by atoms with Gasteiger partial charge in [-0.15, -0.1) is 10.2 Å². The molecule has 0 unspecified atom stereocenters. The van der Waals surface area contributed by atoms with Crippen LogP contribution >= 0.6 is 0 Å². The van der Waals surface area contributed by atoms with Crippen LogP contribution in [-0.2, 0) is 6.42 Å². The monoisotopic (exact) mass is 392 g/mol. The van der Waals surface area contributed by atoms with Crippen LogP contribution in [0.3, 0.4) is 0 Å². The van der Waals surface area contributed by atoms with Gasteiger partial charge in [0.2, 0.25) is 5.82 Å². The van der Waals surface area contributed by atoms with Crippen LogP contribution in [0.4, 0.5) is 0 Å². The second kappa shape index (κ2) is 7.89. The van der Waals surface area contributed by atoms with Gasteiger partial charge in [0.25, 0.3) is 0 Å². The van der Waals surface area contributed by atoms with Gasteiger partial charge in [0, 0.05) is 23.7 Å². The van der Waals surface area contributed by atoms with Gasteiger partial charge in [-0.2, -0.15) is 5.21 Å². The molecule has 0 bridgehead atoms. The normalized spacial score (nSPS) is 10.8. The molecule has 10 nitrogen and oxygen atoms in total. The quantitative estimate of drug-likeness (QED) is 0.485. The van der Waals surface area contributed by atoms with Crippen LogP contribution in [0.1, 0.15) is 28.9 Å². The molecule has 0 aliphatic heterocycles. The van der Waals surface area contributed by atoms with Gasteiger partial charge in [0.1, 0.15) is 5.69 Å². The second-order valence-electron chi connectivity index (χ2n) is 6.00. The van der Waals surface area contributed by atoms with Crippen LogP contribution in [0, 0.1) is 0 Å². The highest BCUT2D eigenvalue weighted by Crippen LogP contribution is 2.29. The van der Waals surface area contributed by atoms with Gasteiger partial charge in [-0.25, -0.2) is 9.78 Å². The number of hydrogen-bond donors (Lipinski definition) is 2. The Morgan fingerprint density at radius 2 is 2.03 bits per heavy atom. The van der Waals surface area contributed by atoms with E-state index in [4.69, 9.17) is 14.3 Å². The number of hydrogen-bond acceptors (Lipinski definition) is 8. The third-order valence-electron chi connectivity index (χ3n) is 4.11. The molecule has 1 aromatic carbocycles. The fraction of sp³-hybridized carbons (Fsp3) is 0.158. The number of ether oxygens (including phenoxy) is 1. The van der Waals surface area contributed by atoms with Gasteiger partial charge in [-0.3, -0.25) is 4.98 Å². The van der Waals surface area contributed by atoms with E-state index in [1.807, 2.05) is 36.4 Å². The van der Waals surface area contributed by atoms with Gasteiger partial charge in [0.05, 0.1) is 12.3 Å². The van der Waals surface area contributed by atoms with Gasteiger partial charge >= 0.3 is 17.8 Å². The lowest BCUT2D eigenvalue weighted by atomic mass is 10.0. The minimum atomic E-state index is -1.25. The molecule has 0 spiro atoms. The van der Waals surface area contributed by atoms with Crippen molar-refractivity contribution >= 4 is 5.97 Å². The van der Waals surface area contributed by atoms with Crippen molar-refractivity contribution in [3.63, 3.8) is 0 Å². The lowest BCUT2D eigenvalue weighted by Gasteiger charge is -2.07. The number of tetrazole rings is 1. The van der Waals surface area contributed by atoms with Crippen molar-refractivity contribution in [2.75, 3.05) is 6.61 Å². The fourth-order valence-corrected chi connectivity index (χ4v) is 2.84. The average molecular weight is 392 g/mol. The lowest BCUT2D eigenvalue weighted by Crippen LogP contribution is -1.98. The molecule has 0 amide bonds. The SMILES string of the molecule is CCOc1oc(C(=O)O)nc1Cc1ccc(-c2ccccc2-c2nn[nH]n2)nc1. The number of rotatable bonds is 7. The topological polar surface area (TPSA) is 140 Å². The summed E-state index contributed by atoms with van der Waals surface area (Å²) < 4.78 is 10.5. The van der Waals surface area contributed by atoms with Crippen molar-refractivity contribution in [2.24, 2.45) is 0 Å². The number of benzene rings is 1. The first kappa shape index (κ1) is 18.3. The molecule has 2 N–H and O–H groups in total. The molecular weight excluding hydrogens is 376 g/mol. The number of carboxylic acid groups (broad SMARTS) is 1. The van der Waals surface area contributed by atoms with E-state index in [9.17, 15) is 4.79 Å². The summed E-state index contributed by atoms with van der Waals surface area (Å²) in [5, 5.41) is 23.2. The summed E-state index contributed by atoms with van der Waals surface area (Å²) in [6, 6.07) is 11.4. The van der Waals surface area contributed by atoms with Crippen LogP contribution in [0.25, 0.3) is 22.6 Å². The summed E-state index contributed by atoms with van der Waals surface area (Å²) in [7, 11) is 0. The summed E-state index contributed by atoms with van der Waals surface area (Å²) in [5.74, 6) is -1.06. The molecule has 0 saturated heterocycles. The van der Waals surface area contributed by atoms with Crippen LogP contribution in [-0.4, -0.2) is 48.3 Å². The minimum Gasteiger partial charge on any atom is -0.474 e. The minimum absolute atomic E-state index is 0.108. The van der Waals surface area contributed by atoms with Gasteiger partial charge in [-0.05, 0) is 23.8 Å². The Morgan fingerprint density at radius 3 is 2.69 bits per heavy atom. The highest BCUT2D eigenvalue weighted by molar-refractivity contribution is 5.82. The summed E-state index contributed by atoms with van der Waals surface area (Å²) in [6.07, 6.45) is 2.03. The molecular formula is C19H16N6O4. The summed E-state index contributed by atoms with van der Waals surface area (Å²) in [6.45, 7) is 2.12. The average Bonchev–Trinajstić information content (AvgIpc) is 3.40. The fourth-order valence-electron chi connectivity index (χ4n) is 2.84. The second-order valence-corrected chi connectivity index (χ2v) is 6.00. The molecule has 146 valence electrons. The van der Waals surface area contributed by atoms with E-state index in [1.54, 1.807) is 13.1 Å². The Kier molecular flexibility index (Phi) is 4.97. The third-order valence-corrected chi connectivity index (χ3v) is 4.11. The smallest absolute Gasteiger partial charge is 0.392 e. The predicted octanol–water partition coefficient (Wildman–Crippen LogP) is 2.60. The molecule has 0 atom stereocenters. The van der Waals surface area contributed by atoms with Crippen molar-refractivity contribution in [1.82, 2.24) is 30.6 Å². The lowest BCUT2D eigenvalue weighted by molar-refractivity contribution is 0.0645. The van der Waals surface area contributed by atoms with Crippen molar-refractivity contribution in [3.05, 3.63) is 59.7 Å². The highest BCUT2D eigenvalue weighted by Gasteiger charge is 2.20. The number of nitrogens with one attached hydrogen (secondary N) is 1.